The van der Waals surface area contributed by atoms with Crippen LogP contribution in [0.5, 0.6) is 5.75 Å². The van der Waals surface area contributed by atoms with E-state index in [1.54, 1.807) is 6.07 Å². The highest BCUT2D eigenvalue weighted by Gasteiger charge is 2.16. The van der Waals surface area contributed by atoms with E-state index in [-0.39, 0.29) is 5.97 Å². The molecule has 0 bridgehead atoms. The molecule has 1 fully saturated rings. The van der Waals surface area contributed by atoms with Crippen molar-refractivity contribution >= 4 is 5.97 Å². The average molecular weight is 249 g/mol. The molecular weight excluding hydrogens is 230 g/mol. The van der Waals surface area contributed by atoms with Gasteiger partial charge in [0.05, 0.1) is 13.7 Å². The van der Waals surface area contributed by atoms with Crippen LogP contribution in [0.1, 0.15) is 23.2 Å². The fraction of sp³-hybridized carbons (Fsp3) is 0.500. The highest BCUT2D eigenvalue weighted by Crippen LogP contribution is 2.21. The molecule has 0 radical (unpaired) electrons. The van der Waals surface area contributed by atoms with E-state index in [2.05, 4.69) is 5.32 Å². The monoisotopic (exact) mass is 249 g/mol. The zero-order chi connectivity index (χ0) is 12.8. The summed E-state index contributed by atoms with van der Waals surface area (Å²) in [6.45, 7) is 2.76. The van der Waals surface area contributed by atoms with Crippen LogP contribution in [-0.2, 0) is 4.74 Å². The van der Waals surface area contributed by atoms with Crippen LogP contribution in [0.3, 0.4) is 0 Å². The van der Waals surface area contributed by atoms with Gasteiger partial charge in [-0.1, -0.05) is 12.1 Å². The lowest BCUT2D eigenvalue weighted by Crippen LogP contribution is -2.30. The molecule has 1 aliphatic heterocycles. The lowest BCUT2D eigenvalue weighted by molar-refractivity contribution is 0.0594. The van der Waals surface area contributed by atoms with Gasteiger partial charge in [0.2, 0.25) is 0 Å². The molecule has 18 heavy (non-hydrogen) atoms. The van der Waals surface area contributed by atoms with Crippen molar-refractivity contribution in [3.63, 3.8) is 0 Å². The Bertz CT molecular complexity index is 400. The van der Waals surface area contributed by atoms with Crippen LogP contribution >= 0.6 is 0 Å². The van der Waals surface area contributed by atoms with Crippen LogP contribution in [0.15, 0.2) is 24.3 Å². The van der Waals surface area contributed by atoms with E-state index in [1.165, 1.54) is 7.11 Å². The van der Waals surface area contributed by atoms with Gasteiger partial charge in [-0.2, -0.15) is 0 Å². The van der Waals surface area contributed by atoms with Gasteiger partial charge in [0.15, 0.2) is 0 Å². The van der Waals surface area contributed by atoms with Crippen LogP contribution < -0.4 is 10.1 Å². The summed E-state index contributed by atoms with van der Waals surface area (Å²) in [5.41, 5.74) is 0.494. The molecule has 1 saturated heterocycles. The third kappa shape index (κ3) is 3.23. The number of hydrogen-bond acceptors (Lipinski definition) is 4. The zero-order valence-electron chi connectivity index (χ0n) is 10.6. The van der Waals surface area contributed by atoms with E-state index in [1.807, 2.05) is 18.2 Å². The van der Waals surface area contributed by atoms with E-state index in [0.29, 0.717) is 23.8 Å². The molecule has 1 aromatic rings. The average Bonchev–Trinajstić information content (AvgIpc) is 2.45. The summed E-state index contributed by atoms with van der Waals surface area (Å²) in [6.07, 6.45) is 2.25. The second-order valence-corrected chi connectivity index (χ2v) is 4.49. The fourth-order valence-corrected chi connectivity index (χ4v) is 2.13. The van der Waals surface area contributed by atoms with Gasteiger partial charge < -0.3 is 14.8 Å². The molecule has 1 N–H and O–H groups in total. The molecule has 4 nitrogen and oxygen atoms in total. The second-order valence-electron chi connectivity index (χ2n) is 4.49. The third-order valence-electron chi connectivity index (χ3n) is 3.23. The third-order valence-corrected chi connectivity index (χ3v) is 3.23. The molecule has 1 aliphatic rings. The number of carbonyl (C=O) groups excluding carboxylic acids is 1. The fourth-order valence-electron chi connectivity index (χ4n) is 2.13. The van der Waals surface area contributed by atoms with E-state index < -0.39 is 0 Å². The standard InChI is InChI=1S/C14H19NO3/c1-17-14(16)12-4-2-3-5-13(12)18-10-11-6-8-15-9-7-11/h2-5,11,15H,6-10H2,1H3. The maximum atomic E-state index is 11.6. The first kappa shape index (κ1) is 12.9. The SMILES string of the molecule is COC(=O)c1ccccc1OCC1CCNCC1. The molecule has 98 valence electrons. The highest BCUT2D eigenvalue weighted by atomic mass is 16.5. The minimum Gasteiger partial charge on any atom is -0.492 e. The Balaban J connectivity index is 1.97. The number of benzene rings is 1. The molecule has 0 unspecified atom stereocenters. The molecule has 1 aromatic carbocycles. The van der Waals surface area contributed by atoms with Crippen LogP contribution in [-0.4, -0.2) is 32.8 Å². The number of piperidine rings is 1. The number of rotatable bonds is 4. The summed E-state index contributed by atoms with van der Waals surface area (Å²) < 4.78 is 10.5. The van der Waals surface area contributed by atoms with Gasteiger partial charge in [0, 0.05) is 0 Å². The predicted molar refractivity (Wildman–Crippen MR) is 68.9 cm³/mol. The Morgan fingerprint density at radius 2 is 2.06 bits per heavy atom. The van der Waals surface area contributed by atoms with E-state index in [0.717, 1.165) is 25.9 Å². The topological polar surface area (TPSA) is 47.6 Å². The van der Waals surface area contributed by atoms with Crippen LogP contribution in [0.25, 0.3) is 0 Å². The summed E-state index contributed by atoms with van der Waals surface area (Å²) in [7, 11) is 1.38. The maximum Gasteiger partial charge on any atom is 0.341 e. The van der Waals surface area contributed by atoms with Gasteiger partial charge >= 0.3 is 5.97 Å². The Hall–Kier alpha value is -1.55. The van der Waals surface area contributed by atoms with Crippen LogP contribution in [0, 0.1) is 5.92 Å². The smallest absolute Gasteiger partial charge is 0.341 e. The molecular formula is C14H19NO3. The van der Waals surface area contributed by atoms with Crippen LogP contribution in [0.4, 0.5) is 0 Å². The summed E-state index contributed by atoms with van der Waals surface area (Å²) >= 11 is 0. The van der Waals surface area contributed by atoms with E-state index in [9.17, 15) is 4.79 Å². The Morgan fingerprint density at radius 3 is 2.78 bits per heavy atom. The first-order chi connectivity index (χ1) is 8.81. The number of nitrogens with one attached hydrogen (secondary N) is 1. The Labute approximate surface area is 107 Å². The number of hydrogen-bond donors (Lipinski definition) is 1. The summed E-state index contributed by atoms with van der Waals surface area (Å²) in [5, 5.41) is 3.32. The minimum absolute atomic E-state index is 0.351. The second kappa shape index (κ2) is 6.40. The number of esters is 1. The van der Waals surface area contributed by atoms with Crippen molar-refractivity contribution in [2.75, 3.05) is 26.8 Å². The molecule has 0 spiro atoms. The van der Waals surface area contributed by atoms with E-state index >= 15 is 0 Å². The zero-order valence-corrected chi connectivity index (χ0v) is 10.6. The largest absolute Gasteiger partial charge is 0.492 e. The van der Waals surface area contributed by atoms with Gasteiger partial charge in [-0.25, -0.2) is 4.79 Å². The van der Waals surface area contributed by atoms with Gasteiger partial charge in [-0.3, -0.25) is 0 Å². The molecule has 1 heterocycles. The summed E-state index contributed by atoms with van der Waals surface area (Å²) in [5.74, 6) is 0.829. The highest BCUT2D eigenvalue weighted by molar-refractivity contribution is 5.92. The summed E-state index contributed by atoms with van der Waals surface area (Å²) in [4.78, 5) is 11.6. The molecule has 0 atom stereocenters. The molecule has 0 aliphatic carbocycles. The summed E-state index contributed by atoms with van der Waals surface area (Å²) in [6, 6.07) is 7.21. The van der Waals surface area contributed by atoms with Crippen molar-refractivity contribution in [2.45, 2.75) is 12.8 Å². The number of carbonyl (C=O) groups is 1. The van der Waals surface area contributed by atoms with Gasteiger partial charge in [0.1, 0.15) is 11.3 Å². The minimum atomic E-state index is -0.351. The lowest BCUT2D eigenvalue weighted by atomic mass is 9.99. The van der Waals surface area contributed by atoms with Gasteiger partial charge in [0.25, 0.3) is 0 Å². The first-order valence-corrected chi connectivity index (χ1v) is 6.32. The van der Waals surface area contributed by atoms with Crippen molar-refractivity contribution < 1.29 is 14.3 Å². The van der Waals surface area contributed by atoms with E-state index in [4.69, 9.17) is 9.47 Å². The number of methoxy groups -OCH3 is 1. The van der Waals surface area contributed by atoms with Crippen molar-refractivity contribution in [1.29, 1.82) is 0 Å². The van der Waals surface area contributed by atoms with Gasteiger partial charge in [-0.15, -0.1) is 0 Å². The normalized spacial score (nSPS) is 16.3. The molecule has 0 aromatic heterocycles. The first-order valence-electron chi connectivity index (χ1n) is 6.32. The molecule has 4 heteroatoms. The quantitative estimate of drug-likeness (QED) is 0.827. The lowest BCUT2D eigenvalue weighted by Gasteiger charge is -2.23. The predicted octanol–water partition coefficient (Wildman–Crippen LogP) is 1.85. The molecule has 0 saturated carbocycles. The number of ether oxygens (including phenoxy) is 2. The Morgan fingerprint density at radius 1 is 1.33 bits per heavy atom. The number of para-hydroxylation sites is 1. The van der Waals surface area contributed by atoms with Crippen molar-refractivity contribution in [2.24, 2.45) is 5.92 Å². The van der Waals surface area contributed by atoms with Crippen LogP contribution in [0.2, 0.25) is 0 Å². The van der Waals surface area contributed by atoms with Crippen molar-refractivity contribution in [3.05, 3.63) is 29.8 Å². The molecule has 0 amide bonds. The van der Waals surface area contributed by atoms with Crippen molar-refractivity contribution in [3.8, 4) is 5.75 Å². The maximum absolute atomic E-state index is 11.6. The van der Waals surface area contributed by atoms with Gasteiger partial charge in [-0.05, 0) is 44.0 Å². The Kier molecular flexibility index (Phi) is 4.59. The van der Waals surface area contributed by atoms with Crippen molar-refractivity contribution in [1.82, 2.24) is 5.32 Å². The molecule has 2 rings (SSSR count).